The molecular formula is C26H24AgBF4N4O8S2. The quantitative estimate of drug-likeness (QED) is 0.105. The van der Waals surface area contributed by atoms with Crippen LogP contribution in [-0.2, 0) is 41.3 Å². The molecule has 0 amide bonds. The summed E-state index contributed by atoms with van der Waals surface area (Å²) in [5.41, 5.74) is 3.10. The molecule has 0 unspecified atom stereocenters. The van der Waals surface area contributed by atoms with Crippen LogP contribution < -0.4 is 0 Å². The topological polar surface area (TPSA) is 157 Å². The summed E-state index contributed by atoms with van der Waals surface area (Å²) >= 11 is 2.82. The zero-order valence-corrected chi connectivity index (χ0v) is 27.8. The third kappa shape index (κ3) is 11.7. The number of thiazole rings is 2. The Balaban J connectivity index is 0.000000394. The second kappa shape index (κ2) is 18.2. The largest absolute Gasteiger partial charge is 1.00 e. The zero-order valence-electron chi connectivity index (χ0n) is 24.7. The van der Waals surface area contributed by atoms with Crippen molar-refractivity contribution in [2.24, 2.45) is 0 Å². The minimum atomic E-state index is -6.00. The maximum atomic E-state index is 11.8. The average molecular weight is 779 g/mol. The van der Waals surface area contributed by atoms with E-state index in [4.69, 9.17) is 0 Å². The Morgan fingerprint density at radius 2 is 0.891 bits per heavy atom. The summed E-state index contributed by atoms with van der Waals surface area (Å²) in [7, 11) is -1.03. The number of ether oxygens (including phenoxy) is 4. The van der Waals surface area contributed by atoms with E-state index in [0.717, 1.165) is 11.4 Å². The van der Waals surface area contributed by atoms with Crippen molar-refractivity contribution in [3.8, 4) is 21.4 Å². The molecule has 0 bridgehead atoms. The van der Waals surface area contributed by atoms with Crippen molar-refractivity contribution in [1.29, 1.82) is 0 Å². The van der Waals surface area contributed by atoms with Crippen LogP contribution in [0.3, 0.4) is 0 Å². The monoisotopic (exact) mass is 778 g/mol. The predicted molar refractivity (Wildman–Crippen MR) is 156 cm³/mol. The molecule has 0 fully saturated rings. The number of esters is 4. The summed E-state index contributed by atoms with van der Waals surface area (Å²) in [6, 6.07) is 2.96. The molecular weight excluding hydrogens is 755 g/mol. The van der Waals surface area contributed by atoms with Gasteiger partial charge in [-0.05, 0) is 26.0 Å². The molecule has 250 valence electrons. The summed E-state index contributed by atoms with van der Waals surface area (Å²) in [4.78, 5) is 63.7. The average Bonchev–Trinajstić information content (AvgIpc) is 3.66. The number of aryl methyl sites for hydroxylation is 2. The molecule has 0 atom stereocenters. The normalized spacial score (nSPS) is 10.1. The maximum Gasteiger partial charge on any atom is 1.00 e. The Hall–Kier alpha value is -4.03. The molecule has 0 aliphatic carbocycles. The number of carbonyl (C=O) groups is 4. The van der Waals surface area contributed by atoms with Gasteiger partial charge in [-0.3, -0.25) is 9.97 Å². The van der Waals surface area contributed by atoms with Crippen LogP contribution in [0.1, 0.15) is 52.8 Å². The third-order valence-corrected chi connectivity index (χ3v) is 7.07. The molecule has 0 saturated carbocycles. The summed E-state index contributed by atoms with van der Waals surface area (Å²) in [5.74, 6) is -2.52. The standard InChI is InChI=1S/2C13H12N2O4S.Ag.BF4/c2*1-7-6-20-11(15-7)10-4-8(12(16)18-2)9(5-14-10)13(17)19-3;;2-1(3,4)5/h2*4-6H,1-3H3;;/q;;+1;-1. The van der Waals surface area contributed by atoms with Crippen molar-refractivity contribution < 1.29 is 77.8 Å². The van der Waals surface area contributed by atoms with Gasteiger partial charge in [0.2, 0.25) is 0 Å². The Labute approximate surface area is 283 Å². The SMILES string of the molecule is COC(=O)c1cnc(-c2nc(C)cs2)cc1C(=O)OC.COC(=O)c1cnc(-c2nc(C)cs2)cc1C(=O)OC.F[B-](F)(F)F.[Ag+]. The van der Waals surface area contributed by atoms with Gasteiger partial charge in [0.15, 0.2) is 0 Å². The third-order valence-electron chi connectivity index (χ3n) is 5.11. The molecule has 0 saturated heterocycles. The molecule has 0 aliphatic heterocycles. The first kappa shape index (κ1) is 40.0. The fraction of sp³-hybridized carbons (Fsp3) is 0.231. The van der Waals surface area contributed by atoms with Gasteiger partial charge >= 0.3 is 53.5 Å². The summed E-state index contributed by atoms with van der Waals surface area (Å²) in [6.07, 6.45) is 2.59. The van der Waals surface area contributed by atoms with E-state index >= 15 is 0 Å². The Morgan fingerprint density at radius 1 is 0.609 bits per heavy atom. The first-order valence-electron chi connectivity index (χ1n) is 12.2. The van der Waals surface area contributed by atoms with Gasteiger partial charge < -0.3 is 36.2 Å². The number of nitrogens with zero attached hydrogens (tertiary/aromatic N) is 4. The molecule has 0 spiro atoms. The molecule has 20 heteroatoms. The molecule has 4 heterocycles. The maximum absolute atomic E-state index is 11.8. The zero-order chi connectivity index (χ0) is 33.9. The van der Waals surface area contributed by atoms with E-state index in [2.05, 4.69) is 38.9 Å². The van der Waals surface area contributed by atoms with Gasteiger partial charge in [0.05, 0.1) is 62.1 Å². The van der Waals surface area contributed by atoms with Crippen molar-refractivity contribution in [2.45, 2.75) is 13.8 Å². The van der Waals surface area contributed by atoms with Gasteiger partial charge in [0, 0.05) is 34.5 Å². The van der Waals surface area contributed by atoms with E-state index < -0.39 is 31.1 Å². The van der Waals surface area contributed by atoms with Gasteiger partial charge in [-0.15, -0.1) is 22.7 Å². The number of pyridine rings is 2. The van der Waals surface area contributed by atoms with E-state index in [1.54, 1.807) is 0 Å². The van der Waals surface area contributed by atoms with Crippen molar-refractivity contribution in [3.05, 3.63) is 68.9 Å². The van der Waals surface area contributed by atoms with Gasteiger partial charge in [-0.1, -0.05) is 0 Å². The van der Waals surface area contributed by atoms with E-state index in [9.17, 15) is 36.4 Å². The van der Waals surface area contributed by atoms with Crippen molar-refractivity contribution in [2.75, 3.05) is 28.4 Å². The van der Waals surface area contributed by atoms with Gasteiger partial charge in [-0.2, -0.15) is 0 Å². The van der Waals surface area contributed by atoms with Crippen LogP contribution >= 0.6 is 22.7 Å². The minimum Gasteiger partial charge on any atom is -0.465 e. The van der Waals surface area contributed by atoms with Crippen LogP contribution in [0.5, 0.6) is 0 Å². The molecule has 4 aromatic heterocycles. The Morgan fingerprint density at radius 3 is 1.13 bits per heavy atom. The molecule has 46 heavy (non-hydrogen) atoms. The summed E-state index contributed by atoms with van der Waals surface area (Å²) in [6.45, 7) is 3.73. The van der Waals surface area contributed by atoms with Crippen LogP contribution in [0, 0.1) is 13.8 Å². The molecule has 0 radical (unpaired) electrons. The van der Waals surface area contributed by atoms with Gasteiger partial charge in [0.1, 0.15) is 10.0 Å². The molecule has 0 aliphatic rings. The number of halogens is 4. The molecule has 4 rings (SSSR count). The fourth-order valence-corrected chi connectivity index (χ4v) is 4.72. The number of methoxy groups -OCH3 is 4. The molecule has 0 N–H and O–H groups in total. The van der Waals surface area contributed by atoms with Gasteiger partial charge in [0.25, 0.3) is 0 Å². The van der Waals surface area contributed by atoms with E-state index in [1.165, 1.54) is 75.6 Å². The molecule has 4 aromatic rings. The predicted octanol–water partition coefficient (Wildman–Crippen LogP) is 5.47. The Kier molecular flexibility index (Phi) is 15.8. The van der Waals surface area contributed by atoms with E-state index in [1.807, 2.05) is 24.6 Å². The minimum absolute atomic E-state index is 0. The van der Waals surface area contributed by atoms with Crippen molar-refractivity contribution in [1.82, 2.24) is 19.9 Å². The molecule has 0 aromatic carbocycles. The summed E-state index contributed by atoms with van der Waals surface area (Å²) < 4.78 is 57.6. The van der Waals surface area contributed by atoms with E-state index in [0.29, 0.717) is 21.4 Å². The number of rotatable bonds is 6. The van der Waals surface area contributed by atoms with Crippen LogP contribution in [0.25, 0.3) is 21.4 Å². The van der Waals surface area contributed by atoms with Gasteiger partial charge in [-0.25, -0.2) is 29.1 Å². The van der Waals surface area contributed by atoms with Crippen LogP contribution in [-0.4, -0.2) is 79.5 Å². The molecule has 12 nitrogen and oxygen atoms in total. The van der Waals surface area contributed by atoms with E-state index in [-0.39, 0.29) is 44.6 Å². The smallest absolute Gasteiger partial charge is 0.465 e. The van der Waals surface area contributed by atoms with Crippen molar-refractivity contribution >= 4 is 53.8 Å². The van der Waals surface area contributed by atoms with Crippen LogP contribution in [0.15, 0.2) is 35.3 Å². The number of hydrogen-bond acceptors (Lipinski definition) is 14. The van der Waals surface area contributed by atoms with Crippen LogP contribution in [0.4, 0.5) is 17.3 Å². The first-order valence-corrected chi connectivity index (χ1v) is 13.9. The Bertz CT molecular complexity index is 1570. The number of aromatic nitrogens is 4. The van der Waals surface area contributed by atoms with Crippen molar-refractivity contribution in [3.63, 3.8) is 0 Å². The number of hydrogen-bond donors (Lipinski definition) is 0. The first-order chi connectivity index (χ1) is 21.1. The summed E-state index contributed by atoms with van der Waals surface area (Å²) in [5, 5.41) is 5.10. The fourth-order valence-electron chi connectivity index (χ4n) is 3.19. The van der Waals surface area contributed by atoms with Crippen LogP contribution in [0.2, 0.25) is 0 Å². The second-order valence-electron chi connectivity index (χ2n) is 8.28. The second-order valence-corrected chi connectivity index (χ2v) is 10.00. The number of carbonyl (C=O) groups excluding carboxylic acids is 4.